The SMILES string of the molecule is O=S(=O)(c1cc(F)ccc1F)N1CCCC1c1ccc(F)cc1. The van der Waals surface area contributed by atoms with Gasteiger partial charge in [0.2, 0.25) is 10.0 Å². The van der Waals surface area contributed by atoms with E-state index in [9.17, 15) is 21.6 Å². The molecule has 2 aromatic rings. The molecule has 1 aliphatic heterocycles. The molecule has 1 atom stereocenters. The lowest BCUT2D eigenvalue weighted by Gasteiger charge is -2.24. The molecule has 0 amide bonds. The summed E-state index contributed by atoms with van der Waals surface area (Å²) < 4.78 is 66.8. The Morgan fingerprint density at radius 3 is 2.30 bits per heavy atom. The summed E-state index contributed by atoms with van der Waals surface area (Å²) in [6.45, 7) is 0.209. The van der Waals surface area contributed by atoms with Crippen LogP contribution >= 0.6 is 0 Å². The largest absolute Gasteiger partial charge is 0.246 e. The molecule has 122 valence electrons. The maximum atomic E-state index is 13.9. The van der Waals surface area contributed by atoms with Crippen LogP contribution in [0.5, 0.6) is 0 Å². The molecule has 7 heteroatoms. The Bertz CT molecular complexity index is 822. The fourth-order valence-electron chi connectivity index (χ4n) is 2.85. The molecule has 0 bridgehead atoms. The highest BCUT2D eigenvalue weighted by Gasteiger charge is 2.37. The predicted molar refractivity (Wildman–Crippen MR) is 78.6 cm³/mol. The van der Waals surface area contributed by atoms with Gasteiger partial charge >= 0.3 is 0 Å². The van der Waals surface area contributed by atoms with Crippen LogP contribution in [-0.2, 0) is 10.0 Å². The first-order chi connectivity index (χ1) is 10.9. The summed E-state index contributed by atoms with van der Waals surface area (Å²) in [5.74, 6) is -2.23. The van der Waals surface area contributed by atoms with Gasteiger partial charge < -0.3 is 0 Å². The highest BCUT2D eigenvalue weighted by molar-refractivity contribution is 7.89. The third-order valence-electron chi connectivity index (χ3n) is 3.94. The lowest BCUT2D eigenvalue weighted by molar-refractivity contribution is 0.392. The minimum absolute atomic E-state index is 0.209. The zero-order chi connectivity index (χ0) is 16.6. The van der Waals surface area contributed by atoms with Gasteiger partial charge in [-0.1, -0.05) is 12.1 Å². The molecule has 3 rings (SSSR count). The van der Waals surface area contributed by atoms with E-state index in [2.05, 4.69) is 0 Å². The van der Waals surface area contributed by atoms with Crippen LogP contribution in [0.25, 0.3) is 0 Å². The number of nitrogens with zero attached hydrogens (tertiary/aromatic N) is 1. The topological polar surface area (TPSA) is 37.4 Å². The normalized spacial score (nSPS) is 19.2. The molecule has 1 fully saturated rings. The summed E-state index contributed by atoms with van der Waals surface area (Å²) in [5, 5.41) is 0. The lowest BCUT2D eigenvalue weighted by Crippen LogP contribution is -2.31. The van der Waals surface area contributed by atoms with E-state index in [1.807, 2.05) is 0 Å². The van der Waals surface area contributed by atoms with Crippen LogP contribution < -0.4 is 0 Å². The lowest BCUT2D eigenvalue weighted by atomic mass is 10.1. The average Bonchev–Trinajstić information content (AvgIpc) is 3.00. The van der Waals surface area contributed by atoms with Gasteiger partial charge in [-0.2, -0.15) is 4.31 Å². The van der Waals surface area contributed by atoms with E-state index in [1.165, 1.54) is 24.3 Å². The minimum atomic E-state index is -4.17. The van der Waals surface area contributed by atoms with E-state index in [1.54, 1.807) is 0 Å². The van der Waals surface area contributed by atoms with E-state index in [4.69, 9.17) is 0 Å². The van der Waals surface area contributed by atoms with Crippen molar-refractivity contribution in [2.75, 3.05) is 6.54 Å². The number of sulfonamides is 1. The summed E-state index contributed by atoms with van der Waals surface area (Å²) in [6, 6.07) is 7.36. The maximum absolute atomic E-state index is 13.9. The standard InChI is InChI=1S/C16H14F3NO2S/c17-12-5-3-11(4-6-12)15-2-1-9-20(15)23(21,22)16-10-13(18)7-8-14(16)19/h3-8,10,15H,1-2,9H2. The molecule has 0 saturated carbocycles. The van der Waals surface area contributed by atoms with E-state index in [-0.39, 0.29) is 6.54 Å². The third kappa shape index (κ3) is 2.98. The van der Waals surface area contributed by atoms with Crippen LogP contribution in [-0.4, -0.2) is 19.3 Å². The maximum Gasteiger partial charge on any atom is 0.246 e. The Balaban J connectivity index is 2.01. The molecule has 2 aromatic carbocycles. The van der Waals surface area contributed by atoms with E-state index < -0.39 is 38.4 Å². The van der Waals surface area contributed by atoms with E-state index >= 15 is 0 Å². The number of hydrogen-bond acceptors (Lipinski definition) is 2. The first kappa shape index (κ1) is 16.0. The summed E-state index contributed by atoms with van der Waals surface area (Å²) in [6.07, 6.45) is 1.14. The van der Waals surface area contributed by atoms with Gasteiger partial charge in [0.1, 0.15) is 22.3 Å². The van der Waals surface area contributed by atoms with Crippen molar-refractivity contribution >= 4 is 10.0 Å². The smallest absolute Gasteiger partial charge is 0.207 e. The molecule has 0 aromatic heterocycles. The van der Waals surface area contributed by atoms with E-state index in [0.717, 1.165) is 16.4 Å². The van der Waals surface area contributed by atoms with Crippen molar-refractivity contribution < 1.29 is 21.6 Å². The second kappa shape index (κ2) is 5.98. The monoisotopic (exact) mass is 341 g/mol. The van der Waals surface area contributed by atoms with Crippen LogP contribution in [0.1, 0.15) is 24.4 Å². The number of rotatable bonds is 3. The van der Waals surface area contributed by atoms with Crippen LogP contribution in [0, 0.1) is 17.5 Å². The van der Waals surface area contributed by atoms with Crippen molar-refractivity contribution in [3.63, 3.8) is 0 Å². The van der Waals surface area contributed by atoms with Gasteiger partial charge in [-0.05, 0) is 48.7 Å². The summed E-state index contributed by atoms with van der Waals surface area (Å²) >= 11 is 0. The van der Waals surface area contributed by atoms with Crippen molar-refractivity contribution in [3.8, 4) is 0 Å². The van der Waals surface area contributed by atoms with Crippen molar-refractivity contribution in [1.29, 1.82) is 0 Å². The molecule has 0 spiro atoms. The highest BCUT2D eigenvalue weighted by atomic mass is 32.2. The van der Waals surface area contributed by atoms with Crippen molar-refractivity contribution in [1.82, 2.24) is 4.31 Å². The average molecular weight is 341 g/mol. The Morgan fingerprint density at radius 2 is 1.61 bits per heavy atom. The van der Waals surface area contributed by atoms with Crippen molar-refractivity contribution in [2.45, 2.75) is 23.8 Å². The fraction of sp³-hybridized carbons (Fsp3) is 0.250. The molecule has 3 nitrogen and oxygen atoms in total. The van der Waals surface area contributed by atoms with E-state index in [0.29, 0.717) is 24.5 Å². The molecule has 23 heavy (non-hydrogen) atoms. The minimum Gasteiger partial charge on any atom is -0.207 e. The molecule has 1 aliphatic rings. The van der Waals surface area contributed by atoms with Gasteiger partial charge in [-0.25, -0.2) is 21.6 Å². The zero-order valence-electron chi connectivity index (χ0n) is 12.0. The van der Waals surface area contributed by atoms with Gasteiger partial charge in [0.15, 0.2) is 0 Å². The number of halogens is 3. The summed E-state index contributed by atoms with van der Waals surface area (Å²) in [7, 11) is -4.17. The Morgan fingerprint density at radius 1 is 0.957 bits per heavy atom. The third-order valence-corrected chi connectivity index (χ3v) is 5.86. The summed E-state index contributed by atoms with van der Waals surface area (Å²) in [5.41, 5.74) is 0.629. The van der Waals surface area contributed by atoms with Gasteiger partial charge in [-0.15, -0.1) is 0 Å². The Kier molecular flexibility index (Phi) is 4.16. The zero-order valence-corrected chi connectivity index (χ0v) is 12.9. The molecule has 1 heterocycles. The molecular weight excluding hydrogens is 327 g/mol. The predicted octanol–water partition coefficient (Wildman–Crippen LogP) is 3.63. The molecule has 1 saturated heterocycles. The van der Waals surface area contributed by atoms with Gasteiger partial charge in [0.25, 0.3) is 0 Å². The number of hydrogen-bond donors (Lipinski definition) is 0. The van der Waals surface area contributed by atoms with Crippen LogP contribution in [0.15, 0.2) is 47.4 Å². The second-order valence-electron chi connectivity index (χ2n) is 5.40. The first-order valence-corrected chi connectivity index (χ1v) is 8.56. The van der Waals surface area contributed by atoms with Gasteiger partial charge in [-0.3, -0.25) is 0 Å². The quantitative estimate of drug-likeness (QED) is 0.855. The van der Waals surface area contributed by atoms with Gasteiger partial charge in [0.05, 0.1) is 6.04 Å². The molecular formula is C16H14F3NO2S. The fourth-order valence-corrected chi connectivity index (χ4v) is 4.61. The second-order valence-corrected chi connectivity index (χ2v) is 7.26. The van der Waals surface area contributed by atoms with Crippen LogP contribution in [0.2, 0.25) is 0 Å². The Labute approximate surface area is 132 Å². The molecule has 0 aliphatic carbocycles. The molecule has 0 radical (unpaired) electrons. The first-order valence-electron chi connectivity index (χ1n) is 7.12. The van der Waals surface area contributed by atoms with Crippen molar-refractivity contribution in [2.24, 2.45) is 0 Å². The molecule has 1 unspecified atom stereocenters. The van der Waals surface area contributed by atoms with Crippen LogP contribution in [0.4, 0.5) is 13.2 Å². The highest BCUT2D eigenvalue weighted by Crippen LogP contribution is 2.37. The van der Waals surface area contributed by atoms with Crippen molar-refractivity contribution in [3.05, 3.63) is 65.5 Å². The Hall–Kier alpha value is -1.86. The molecule has 0 N–H and O–H groups in total. The number of benzene rings is 2. The summed E-state index contributed by atoms with van der Waals surface area (Å²) in [4.78, 5) is -0.675. The van der Waals surface area contributed by atoms with Crippen LogP contribution in [0.3, 0.4) is 0 Å². The van der Waals surface area contributed by atoms with Gasteiger partial charge in [0, 0.05) is 6.54 Å².